The lowest BCUT2D eigenvalue weighted by Crippen LogP contribution is -2.56. The number of hydrogen-bond acceptors (Lipinski definition) is 13. The molecule has 5 saturated carbocycles. The van der Waals surface area contributed by atoms with Crippen LogP contribution in [0.1, 0.15) is 164 Å². The number of aliphatic hydroxyl groups is 1. The van der Waals surface area contributed by atoms with Crippen molar-refractivity contribution in [2.24, 2.45) is 45.2 Å². The van der Waals surface area contributed by atoms with Gasteiger partial charge in [-0.05, 0) is 163 Å². The average Bonchev–Trinajstić information content (AvgIpc) is 4.06. The van der Waals surface area contributed by atoms with E-state index in [-0.39, 0.29) is 52.4 Å². The summed E-state index contributed by atoms with van der Waals surface area (Å²) in [6.45, 7) is 2.73. The van der Waals surface area contributed by atoms with Gasteiger partial charge in [0.2, 0.25) is 5.91 Å². The maximum absolute atomic E-state index is 14.5. The number of phenolic OH excluding ortho intramolecular Hbond substituents is 1. The van der Waals surface area contributed by atoms with Crippen LogP contribution in [-0.4, -0.2) is 79.5 Å². The van der Waals surface area contributed by atoms with E-state index < -0.39 is 17.1 Å². The van der Waals surface area contributed by atoms with E-state index in [1.807, 2.05) is 38.6 Å². The number of amides is 1. The number of fused-ring (bicyclic) bond motifs is 13. The molecule has 6 fully saturated rings. The minimum Gasteiger partial charge on any atom is -0.504 e. The van der Waals surface area contributed by atoms with Gasteiger partial charge < -0.3 is 41.4 Å². The summed E-state index contributed by atoms with van der Waals surface area (Å²) in [6, 6.07) is 6.04. The Bertz CT molecular complexity index is 2180. The number of carbonyl (C=O) groups excluding carboxylic acids is 2. The Morgan fingerprint density at radius 3 is 2.64 bits per heavy atom. The first-order valence-electron chi connectivity index (χ1n) is 26.1. The number of rotatable bonds is 3. The lowest BCUT2D eigenvalue weighted by Gasteiger charge is -2.54. The van der Waals surface area contributed by atoms with Crippen molar-refractivity contribution in [2.45, 2.75) is 190 Å². The second-order valence-corrected chi connectivity index (χ2v) is 25.2. The van der Waals surface area contributed by atoms with Gasteiger partial charge in [0.15, 0.2) is 17.5 Å². The van der Waals surface area contributed by atoms with Gasteiger partial charge in [-0.3, -0.25) is 14.6 Å². The molecule has 9 atom stereocenters. The highest BCUT2D eigenvalue weighted by molar-refractivity contribution is 8.77. The van der Waals surface area contributed by atoms with Crippen molar-refractivity contribution in [2.75, 3.05) is 24.6 Å². The van der Waals surface area contributed by atoms with E-state index in [0.29, 0.717) is 80.1 Å². The summed E-state index contributed by atoms with van der Waals surface area (Å²) in [7, 11) is 3.99. The summed E-state index contributed by atoms with van der Waals surface area (Å²) >= 11 is 0. The molecule has 5 heterocycles. The zero-order chi connectivity index (χ0) is 46.4. The third-order valence-electron chi connectivity index (χ3n) is 18.4. The summed E-state index contributed by atoms with van der Waals surface area (Å²) in [5, 5.41) is 28.2. The molecule has 9 unspecified atom stereocenters. The standard InChI is InChI=1S/C53H76N6O6S2/c1-34(60)65-52-29-37-12-14-40(52)27-38-26-39(47(63)48-42(38)15-13-36-9-7-11-44(36)64-48)32-59-33-50(31-46(59)62,28-35-16-22-56-45(54)25-35)21-23-57-49(55)58-53(20-8-19-51(53)17-4-5-18-51)67-66-24-6-2-3-10-41(37)43(61)30-52/h16,22,25-26,36-37,40-41,43-44,61,63H,2-15,17-21,23-24,27-33H2,1H3,(H2,54,56)(H3,55,57,58). The summed E-state index contributed by atoms with van der Waals surface area (Å²) in [5.41, 5.74) is 16.0. The van der Waals surface area contributed by atoms with Gasteiger partial charge in [0.1, 0.15) is 22.4 Å². The molecular formula is C53H76N6O6S2. The minimum atomic E-state index is -0.760. The van der Waals surface area contributed by atoms with Crippen LogP contribution >= 0.6 is 21.6 Å². The van der Waals surface area contributed by atoms with Gasteiger partial charge in [-0.1, -0.05) is 47.3 Å². The summed E-state index contributed by atoms with van der Waals surface area (Å²) in [4.78, 5) is 38.6. The first-order chi connectivity index (χ1) is 32.4. The number of nitrogens with one attached hydrogen (secondary N) is 1. The third-order valence-corrected chi connectivity index (χ3v) is 21.7. The number of aliphatic hydroxyl groups excluding tert-OH is 1. The van der Waals surface area contributed by atoms with Crippen LogP contribution in [0.15, 0.2) is 29.4 Å². The molecule has 2 aromatic rings. The Balaban J connectivity index is 1.00. The Labute approximate surface area is 406 Å². The monoisotopic (exact) mass is 957 g/mol. The van der Waals surface area contributed by atoms with E-state index in [1.165, 1.54) is 45.4 Å². The number of aromatic nitrogens is 1. The Kier molecular flexibility index (Phi) is 13.7. The van der Waals surface area contributed by atoms with Crippen LogP contribution in [0, 0.1) is 34.5 Å². The number of nitrogen functional groups attached to an aromatic ring is 1. The van der Waals surface area contributed by atoms with E-state index in [0.717, 1.165) is 106 Å². The van der Waals surface area contributed by atoms with Crippen molar-refractivity contribution >= 4 is 45.2 Å². The fourth-order valence-corrected chi connectivity index (χ4v) is 18.8. The van der Waals surface area contributed by atoms with E-state index in [2.05, 4.69) is 16.4 Å². The average molecular weight is 957 g/mol. The second-order valence-electron chi connectivity index (χ2n) is 22.5. The molecule has 1 amide bonds. The molecule has 11 rings (SSSR count). The number of phenols is 1. The molecule has 67 heavy (non-hydrogen) atoms. The first-order valence-corrected chi connectivity index (χ1v) is 28.5. The zero-order valence-electron chi connectivity index (χ0n) is 39.9. The molecule has 1 saturated heterocycles. The highest BCUT2D eigenvalue weighted by Crippen LogP contribution is 2.63. The quantitative estimate of drug-likeness (QED) is 0.145. The predicted octanol–water partition coefficient (Wildman–Crippen LogP) is 9.16. The maximum atomic E-state index is 14.5. The number of nitrogens with zero attached hydrogens (tertiary/aromatic N) is 3. The molecule has 1 aromatic heterocycles. The van der Waals surface area contributed by atoms with Crippen LogP contribution < -0.4 is 21.5 Å². The number of esters is 1. The molecule has 4 aliphatic heterocycles. The third kappa shape index (κ3) is 9.51. The lowest BCUT2D eigenvalue weighted by molar-refractivity contribution is -0.195. The van der Waals surface area contributed by atoms with Gasteiger partial charge in [-0.2, -0.15) is 0 Å². The lowest BCUT2D eigenvalue weighted by atomic mass is 9.57. The smallest absolute Gasteiger partial charge is 0.303 e. The zero-order valence-corrected chi connectivity index (χ0v) is 41.5. The van der Waals surface area contributed by atoms with E-state index in [4.69, 9.17) is 25.9 Å². The van der Waals surface area contributed by atoms with Crippen molar-refractivity contribution in [1.82, 2.24) is 15.2 Å². The number of guanidine groups is 1. The van der Waals surface area contributed by atoms with Crippen molar-refractivity contribution in [3.05, 3.63) is 46.6 Å². The summed E-state index contributed by atoms with van der Waals surface area (Å²) in [6.07, 6.45) is 24.4. The van der Waals surface area contributed by atoms with Crippen molar-refractivity contribution < 1.29 is 29.3 Å². The summed E-state index contributed by atoms with van der Waals surface area (Å²) < 4.78 is 13.4. The number of hydrogen-bond donors (Lipinski definition) is 5. The number of aromatic hydroxyl groups is 1. The molecular weight excluding hydrogens is 881 g/mol. The van der Waals surface area contributed by atoms with Gasteiger partial charge in [-0.15, -0.1) is 0 Å². The van der Waals surface area contributed by atoms with Crippen LogP contribution in [0.4, 0.5) is 5.82 Å². The maximum Gasteiger partial charge on any atom is 0.303 e. The molecule has 2 spiro atoms. The first kappa shape index (κ1) is 47.3. The van der Waals surface area contributed by atoms with Crippen LogP contribution in [0.5, 0.6) is 11.5 Å². The Hall–Kier alpha value is -3.36. The van der Waals surface area contributed by atoms with Crippen molar-refractivity contribution in [3.8, 4) is 11.5 Å². The van der Waals surface area contributed by atoms with E-state index in [9.17, 15) is 19.8 Å². The normalized spacial score (nSPS) is 35.7. The number of anilines is 1. The van der Waals surface area contributed by atoms with Gasteiger partial charge >= 0.3 is 5.97 Å². The van der Waals surface area contributed by atoms with Gasteiger partial charge in [0.05, 0.1) is 6.10 Å². The molecule has 7 N–H and O–H groups in total. The number of aliphatic imine (C=N–C) groups is 1. The van der Waals surface area contributed by atoms with Crippen LogP contribution in [0.3, 0.4) is 0 Å². The minimum absolute atomic E-state index is 0.00320. The number of pyridine rings is 1. The van der Waals surface area contributed by atoms with Crippen LogP contribution in [0.2, 0.25) is 0 Å². The molecule has 366 valence electrons. The fraction of sp³-hybridized carbons (Fsp3) is 0.736. The number of ether oxygens (including phenoxy) is 2. The molecule has 12 nitrogen and oxygen atoms in total. The topological polar surface area (TPSA) is 186 Å². The number of nitrogens with two attached hydrogens (primary N) is 2. The fourth-order valence-electron chi connectivity index (χ4n) is 15.2. The predicted molar refractivity (Wildman–Crippen MR) is 266 cm³/mol. The van der Waals surface area contributed by atoms with Gasteiger partial charge in [0, 0.05) is 79.2 Å². The van der Waals surface area contributed by atoms with Gasteiger partial charge in [-0.25, -0.2) is 4.98 Å². The molecule has 5 aliphatic carbocycles. The van der Waals surface area contributed by atoms with Crippen molar-refractivity contribution in [3.63, 3.8) is 0 Å². The molecule has 0 radical (unpaired) electrons. The molecule has 9 aliphatic rings. The number of carbonyl (C=O) groups is 2. The number of benzene rings is 1. The van der Waals surface area contributed by atoms with E-state index in [1.54, 1.807) is 6.20 Å². The Morgan fingerprint density at radius 2 is 1.81 bits per heavy atom. The second kappa shape index (κ2) is 19.4. The Morgan fingerprint density at radius 1 is 0.955 bits per heavy atom. The van der Waals surface area contributed by atoms with Crippen LogP contribution in [0.25, 0.3) is 0 Å². The highest BCUT2D eigenvalue weighted by atomic mass is 33.1. The van der Waals surface area contributed by atoms with Crippen molar-refractivity contribution in [1.29, 1.82) is 0 Å². The largest absolute Gasteiger partial charge is 0.504 e. The SMILES string of the molecule is CC(=O)OC12CC(O)C3CCCCCSSC4(CCCC45CCCC5)NC(N)=NCCC4(Cc5ccnc(N)c5)CC(=O)N(Cc5cc(c6c(c5O)OC5CCCC5CC6)CC1CCC3C2)C4. The van der Waals surface area contributed by atoms with E-state index >= 15 is 0 Å². The molecule has 14 heteroatoms. The highest BCUT2D eigenvalue weighted by Gasteiger charge is 2.57. The molecule has 1 aromatic carbocycles. The van der Waals surface area contributed by atoms with Crippen LogP contribution in [-0.2, 0) is 40.1 Å². The molecule has 8 bridgehead atoms. The van der Waals surface area contributed by atoms with Gasteiger partial charge in [0.25, 0.3) is 0 Å². The summed E-state index contributed by atoms with van der Waals surface area (Å²) in [5.74, 6) is 3.42.